The molecule has 0 bridgehead atoms. The topological polar surface area (TPSA) is 35.2 Å². The van der Waals surface area contributed by atoms with E-state index in [1.54, 1.807) is 0 Å². The Hall–Kier alpha value is -0.290. The number of rotatable bonds is 4. The Morgan fingerprint density at radius 3 is 2.69 bits per heavy atom. The van der Waals surface area contributed by atoms with Gasteiger partial charge in [0.2, 0.25) is 0 Å². The normalized spacial score (nSPS) is 31.7. The fourth-order valence-corrected chi connectivity index (χ4v) is 2.39. The van der Waals surface area contributed by atoms with Crippen molar-refractivity contribution in [1.82, 2.24) is 0 Å². The highest BCUT2D eigenvalue weighted by molar-refractivity contribution is 4.89. The SMILES string of the molecule is CC1CCCC(N)(CCOCC(F)(F)F)C1. The van der Waals surface area contributed by atoms with E-state index in [1.165, 1.54) is 6.42 Å². The van der Waals surface area contributed by atoms with Crippen LogP contribution in [0.1, 0.15) is 39.0 Å². The smallest absolute Gasteiger partial charge is 0.372 e. The van der Waals surface area contributed by atoms with E-state index in [1.807, 2.05) is 0 Å². The van der Waals surface area contributed by atoms with Gasteiger partial charge < -0.3 is 10.5 Å². The van der Waals surface area contributed by atoms with E-state index in [2.05, 4.69) is 11.7 Å². The number of hydrogen-bond donors (Lipinski definition) is 1. The van der Waals surface area contributed by atoms with Gasteiger partial charge in [0.1, 0.15) is 6.61 Å². The molecule has 1 aliphatic carbocycles. The Morgan fingerprint density at radius 2 is 2.12 bits per heavy atom. The van der Waals surface area contributed by atoms with Crippen LogP contribution in [0.4, 0.5) is 13.2 Å². The predicted molar refractivity (Wildman–Crippen MR) is 56.0 cm³/mol. The second-order valence-electron chi connectivity index (χ2n) is 4.98. The summed E-state index contributed by atoms with van der Waals surface area (Å²) in [5, 5.41) is 0. The number of halogens is 3. The summed E-state index contributed by atoms with van der Waals surface area (Å²) in [6.45, 7) is 1.07. The van der Waals surface area contributed by atoms with Crippen molar-refractivity contribution in [1.29, 1.82) is 0 Å². The summed E-state index contributed by atoms with van der Waals surface area (Å²) in [6.07, 6.45) is 0.309. The first kappa shape index (κ1) is 13.8. The molecule has 16 heavy (non-hydrogen) atoms. The predicted octanol–water partition coefficient (Wildman–Crippen LogP) is 2.86. The molecule has 0 amide bonds. The molecule has 1 aliphatic rings. The molecule has 1 saturated carbocycles. The molecule has 2 unspecified atom stereocenters. The van der Waals surface area contributed by atoms with Gasteiger partial charge in [-0.05, 0) is 25.2 Å². The number of hydrogen-bond acceptors (Lipinski definition) is 2. The lowest BCUT2D eigenvalue weighted by atomic mass is 9.75. The van der Waals surface area contributed by atoms with Crippen LogP contribution in [-0.2, 0) is 4.74 Å². The van der Waals surface area contributed by atoms with Crippen molar-refractivity contribution in [2.24, 2.45) is 11.7 Å². The second-order valence-corrected chi connectivity index (χ2v) is 4.98. The van der Waals surface area contributed by atoms with Gasteiger partial charge in [-0.15, -0.1) is 0 Å². The van der Waals surface area contributed by atoms with E-state index in [4.69, 9.17) is 5.73 Å². The summed E-state index contributed by atoms with van der Waals surface area (Å²) >= 11 is 0. The van der Waals surface area contributed by atoms with Crippen LogP contribution in [-0.4, -0.2) is 24.9 Å². The van der Waals surface area contributed by atoms with Crippen LogP contribution in [0, 0.1) is 5.92 Å². The van der Waals surface area contributed by atoms with Crippen molar-refractivity contribution in [3.05, 3.63) is 0 Å². The van der Waals surface area contributed by atoms with Gasteiger partial charge in [-0.2, -0.15) is 13.2 Å². The van der Waals surface area contributed by atoms with Crippen molar-refractivity contribution in [3.63, 3.8) is 0 Å². The monoisotopic (exact) mass is 239 g/mol. The highest BCUT2D eigenvalue weighted by Crippen LogP contribution is 2.32. The van der Waals surface area contributed by atoms with Crippen LogP contribution in [0.25, 0.3) is 0 Å². The highest BCUT2D eigenvalue weighted by Gasteiger charge is 2.32. The van der Waals surface area contributed by atoms with E-state index in [9.17, 15) is 13.2 Å². The summed E-state index contributed by atoms with van der Waals surface area (Å²) in [4.78, 5) is 0. The van der Waals surface area contributed by atoms with Crippen molar-refractivity contribution >= 4 is 0 Å². The average Bonchev–Trinajstić information content (AvgIpc) is 2.11. The molecular weight excluding hydrogens is 219 g/mol. The Balaban J connectivity index is 2.21. The molecule has 1 fully saturated rings. The van der Waals surface area contributed by atoms with Gasteiger partial charge in [-0.1, -0.05) is 19.8 Å². The van der Waals surface area contributed by atoms with E-state index < -0.39 is 12.8 Å². The van der Waals surface area contributed by atoms with E-state index >= 15 is 0 Å². The van der Waals surface area contributed by atoms with Gasteiger partial charge >= 0.3 is 6.18 Å². The van der Waals surface area contributed by atoms with Crippen LogP contribution in [0.5, 0.6) is 0 Å². The largest absolute Gasteiger partial charge is 0.411 e. The molecule has 0 aliphatic heterocycles. The molecule has 5 heteroatoms. The van der Waals surface area contributed by atoms with Gasteiger partial charge in [0, 0.05) is 12.1 Å². The van der Waals surface area contributed by atoms with Gasteiger partial charge in [0.15, 0.2) is 0 Å². The molecule has 96 valence electrons. The minimum atomic E-state index is -4.23. The van der Waals surface area contributed by atoms with E-state index in [0.717, 1.165) is 19.3 Å². The number of nitrogens with two attached hydrogens (primary N) is 1. The molecule has 0 spiro atoms. The minimum Gasteiger partial charge on any atom is -0.372 e. The third kappa shape index (κ3) is 5.16. The molecule has 2 N–H and O–H groups in total. The molecular formula is C11H20F3NO. The molecule has 2 atom stereocenters. The Morgan fingerprint density at radius 1 is 1.44 bits per heavy atom. The molecule has 0 radical (unpaired) electrons. The van der Waals surface area contributed by atoms with Gasteiger partial charge in [-0.3, -0.25) is 0 Å². The molecule has 0 aromatic heterocycles. The standard InChI is InChI=1S/C11H20F3NO/c1-9-3-2-4-10(15,7-9)5-6-16-8-11(12,13)14/h9H,2-8,15H2,1H3. The lowest BCUT2D eigenvalue weighted by molar-refractivity contribution is -0.175. The van der Waals surface area contributed by atoms with Crippen molar-refractivity contribution < 1.29 is 17.9 Å². The van der Waals surface area contributed by atoms with Gasteiger partial charge in [-0.25, -0.2) is 0 Å². The lowest BCUT2D eigenvalue weighted by Crippen LogP contribution is -2.44. The van der Waals surface area contributed by atoms with Crippen molar-refractivity contribution in [2.45, 2.75) is 50.7 Å². The zero-order valence-corrected chi connectivity index (χ0v) is 9.65. The fourth-order valence-electron chi connectivity index (χ4n) is 2.39. The minimum absolute atomic E-state index is 0.0999. The maximum atomic E-state index is 11.8. The van der Waals surface area contributed by atoms with Crippen LogP contribution >= 0.6 is 0 Å². The molecule has 0 aromatic carbocycles. The molecule has 1 rings (SSSR count). The molecule has 2 nitrogen and oxygen atoms in total. The second kappa shape index (κ2) is 5.36. The van der Waals surface area contributed by atoms with Crippen LogP contribution < -0.4 is 5.73 Å². The summed E-state index contributed by atoms with van der Waals surface area (Å²) < 4.78 is 40.1. The van der Waals surface area contributed by atoms with E-state index in [-0.39, 0.29) is 12.1 Å². The Bertz CT molecular complexity index is 220. The summed E-state index contributed by atoms with van der Waals surface area (Å²) in [5.41, 5.74) is 5.82. The zero-order chi connectivity index (χ0) is 12.2. The quantitative estimate of drug-likeness (QED) is 0.766. The van der Waals surface area contributed by atoms with Gasteiger partial charge in [0.25, 0.3) is 0 Å². The summed E-state index contributed by atoms with van der Waals surface area (Å²) in [5.74, 6) is 0.571. The van der Waals surface area contributed by atoms with Crippen LogP contribution in [0.15, 0.2) is 0 Å². The highest BCUT2D eigenvalue weighted by atomic mass is 19.4. The maximum Gasteiger partial charge on any atom is 0.411 e. The van der Waals surface area contributed by atoms with Crippen molar-refractivity contribution in [3.8, 4) is 0 Å². The van der Waals surface area contributed by atoms with Crippen molar-refractivity contribution in [2.75, 3.05) is 13.2 Å². The molecule has 0 heterocycles. The fraction of sp³-hybridized carbons (Fsp3) is 1.00. The summed E-state index contributed by atoms with van der Waals surface area (Å²) in [6, 6.07) is 0. The van der Waals surface area contributed by atoms with E-state index in [0.29, 0.717) is 12.3 Å². The maximum absolute atomic E-state index is 11.8. The Kier molecular flexibility index (Phi) is 4.62. The number of ether oxygens (including phenoxy) is 1. The number of alkyl halides is 3. The first-order valence-corrected chi connectivity index (χ1v) is 5.74. The average molecular weight is 239 g/mol. The Labute approximate surface area is 94.3 Å². The van der Waals surface area contributed by atoms with Gasteiger partial charge in [0.05, 0.1) is 0 Å². The first-order chi connectivity index (χ1) is 7.31. The van der Waals surface area contributed by atoms with Crippen LogP contribution in [0.2, 0.25) is 0 Å². The zero-order valence-electron chi connectivity index (χ0n) is 9.65. The van der Waals surface area contributed by atoms with Crippen LogP contribution in [0.3, 0.4) is 0 Å². The summed E-state index contributed by atoms with van der Waals surface area (Å²) in [7, 11) is 0. The lowest BCUT2D eigenvalue weighted by Gasteiger charge is -2.36. The molecule has 0 aromatic rings. The first-order valence-electron chi connectivity index (χ1n) is 5.74. The molecule has 0 saturated heterocycles. The third-order valence-electron chi connectivity index (χ3n) is 3.14. The third-order valence-corrected chi connectivity index (χ3v) is 3.14.